The van der Waals surface area contributed by atoms with Crippen LogP contribution in [0.15, 0.2) is 42.5 Å². The Balaban J connectivity index is 1.75. The Hall–Kier alpha value is -3.88. The maximum Gasteiger partial charge on any atom is 0.337 e. The smallest absolute Gasteiger partial charge is 0.337 e. The van der Waals surface area contributed by atoms with Crippen LogP contribution in [0.1, 0.15) is 34.1 Å². The molecule has 0 aromatic heterocycles. The molecule has 168 valence electrons. The van der Waals surface area contributed by atoms with Crippen LogP contribution in [0.25, 0.3) is 0 Å². The Morgan fingerprint density at radius 3 is 2.12 bits per heavy atom. The number of anilines is 2. The minimum absolute atomic E-state index is 0.0413. The first kappa shape index (κ1) is 22.8. The first-order valence-corrected chi connectivity index (χ1v) is 10.0. The quantitative estimate of drug-likeness (QED) is 0.659. The first-order chi connectivity index (χ1) is 15.4. The number of rotatable bonds is 7. The van der Waals surface area contributed by atoms with Gasteiger partial charge in [0.25, 0.3) is 0 Å². The molecule has 2 aromatic carbocycles. The lowest BCUT2D eigenvalue weighted by Crippen LogP contribution is -2.28. The molecule has 0 unspecified atom stereocenters. The fourth-order valence-electron chi connectivity index (χ4n) is 3.44. The molecule has 2 aromatic rings. The number of hydrogen-bond acceptors (Lipinski definition) is 7. The largest absolute Gasteiger partial charge is 0.494 e. The van der Waals surface area contributed by atoms with E-state index in [1.54, 1.807) is 29.2 Å². The average Bonchev–Trinajstić information content (AvgIpc) is 3.20. The number of amides is 2. The zero-order valence-electron chi connectivity index (χ0n) is 18.0. The lowest BCUT2D eigenvalue weighted by atomic mass is 10.1. The summed E-state index contributed by atoms with van der Waals surface area (Å²) in [6, 6.07) is 11.2. The van der Waals surface area contributed by atoms with Gasteiger partial charge < -0.3 is 24.4 Å². The third kappa shape index (κ3) is 5.05. The summed E-state index contributed by atoms with van der Waals surface area (Å²) < 4.78 is 14.8. The number of carbonyl (C=O) groups is 4. The lowest BCUT2D eigenvalue weighted by molar-refractivity contribution is -0.122. The molecule has 1 atom stereocenters. The van der Waals surface area contributed by atoms with E-state index in [2.05, 4.69) is 5.32 Å². The minimum atomic E-state index is -0.663. The molecule has 9 nitrogen and oxygen atoms in total. The minimum Gasteiger partial charge on any atom is -0.494 e. The van der Waals surface area contributed by atoms with Crippen molar-refractivity contribution in [3.8, 4) is 5.75 Å². The van der Waals surface area contributed by atoms with Crippen LogP contribution in [-0.2, 0) is 19.1 Å². The van der Waals surface area contributed by atoms with Gasteiger partial charge >= 0.3 is 11.9 Å². The molecule has 2 amide bonds. The van der Waals surface area contributed by atoms with Crippen LogP contribution in [0.4, 0.5) is 11.4 Å². The normalized spacial score (nSPS) is 15.3. The lowest BCUT2D eigenvalue weighted by Gasteiger charge is -2.17. The van der Waals surface area contributed by atoms with Crippen molar-refractivity contribution in [3.63, 3.8) is 0 Å². The van der Waals surface area contributed by atoms with Gasteiger partial charge in [-0.15, -0.1) is 0 Å². The first-order valence-electron chi connectivity index (χ1n) is 10.0. The Kier molecular flexibility index (Phi) is 7.09. The molecule has 9 heteroatoms. The maximum atomic E-state index is 12.8. The second-order valence-electron chi connectivity index (χ2n) is 7.10. The number of nitrogens with one attached hydrogen (secondary N) is 1. The van der Waals surface area contributed by atoms with E-state index in [9.17, 15) is 19.2 Å². The van der Waals surface area contributed by atoms with Gasteiger partial charge in [-0.05, 0) is 49.4 Å². The van der Waals surface area contributed by atoms with Gasteiger partial charge in [-0.25, -0.2) is 9.59 Å². The summed E-state index contributed by atoms with van der Waals surface area (Å²) in [5, 5.41) is 2.69. The van der Waals surface area contributed by atoms with Crippen molar-refractivity contribution in [2.24, 2.45) is 5.92 Å². The molecule has 0 spiro atoms. The van der Waals surface area contributed by atoms with Crippen molar-refractivity contribution in [2.75, 3.05) is 37.6 Å². The zero-order valence-corrected chi connectivity index (χ0v) is 18.0. The molecule has 3 rings (SSSR count). The summed E-state index contributed by atoms with van der Waals surface area (Å²) in [6.45, 7) is 2.63. The van der Waals surface area contributed by atoms with Crippen molar-refractivity contribution in [1.29, 1.82) is 0 Å². The van der Waals surface area contributed by atoms with Crippen molar-refractivity contribution < 1.29 is 33.4 Å². The van der Waals surface area contributed by atoms with Crippen LogP contribution in [0, 0.1) is 5.92 Å². The van der Waals surface area contributed by atoms with Crippen LogP contribution < -0.4 is 15.0 Å². The van der Waals surface area contributed by atoms with Gasteiger partial charge in [0.05, 0.1) is 37.9 Å². The summed E-state index contributed by atoms with van der Waals surface area (Å²) in [4.78, 5) is 50.8. The zero-order chi connectivity index (χ0) is 23.3. The van der Waals surface area contributed by atoms with E-state index in [0.717, 1.165) is 0 Å². The van der Waals surface area contributed by atoms with E-state index in [-0.39, 0.29) is 35.7 Å². The van der Waals surface area contributed by atoms with Gasteiger partial charge in [0.15, 0.2) is 0 Å². The van der Waals surface area contributed by atoms with Crippen molar-refractivity contribution in [2.45, 2.75) is 13.3 Å². The van der Waals surface area contributed by atoms with Gasteiger partial charge in [-0.1, -0.05) is 0 Å². The predicted octanol–water partition coefficient (Wildman–Crippen LogP) is 2.65. The molecule has 32 heavy (non-hydrogen) atoms. The monoisotopic (exact) mass is 440 g/mol. The summed E-state index contributed by atoms with van der Waals surface area (Å²) in [5.74, 6) is -1.80. The predicted molar refractivity (Wildman–Crippen MR) is 116 cm³/mol. The number of nitrogens with zero attached hydrogens (tertiary/aromatic N) is 1. The van der Waals surface area contributed by atoms with Crippen LogP contribution in [-0.4, -0.2) is 51.1 Å². The molecule has 0 radical (unpaired) electrons. The van der Waals surface area contributed by atoms with Crippen molar-refractivity contribution in [1.82, 2.24) is 0 Å². The molecule has 0 bridgehead atoms. The molecule has 0 aliphatic carbocycles. The number of esters is 2. The molecule has 1 saturated heterocycles. The number of benzene rings is 2. The topological polar surface area (TPSA) is 111 Å². The highest BCUT2D eigenvalue weighted by atomic mass is 16.5. The number of methoxy groups -OCH3 is 2. The highest BCUT2D eigenvalue weighted by Crippen LogP contribution is 2.28. The molecule has 1 aliphatic heterocycles. The van der Waals surface area contributed by atoms with E-state index in [1.807, 2.05) is 6.92 Å². The van der Waals surface area contributed by atoms with Gasteiger partial charge in [0.2, 0.25) is 11.8 Å². The fourth-order valence-corrected chi connectivity index (χ4v) is 3.44. The molecule has 1 fully saturated rings. The SMILES string of the molecule is CCOc1ccc(N2C[C@H](C(=O)Nc3cc(C(=O)OC)cc(C(=O)OC)c3)CC2=O)cc1. The van der Waals surface area contributed by atoms with Crippen LogP contribution >= 0.6 is 0 Å². The van der Waals surface area contributed by atoms with E-state index < -0.39 is 23.8 Å². The second-order valence-corrected chi connectivity index (χ2v) is 7.10. The second kappa shape index (κ2) is 9.95. The Morgan fingerprint density at radius 2 is 1.59 bits per heavy atom. The molecular weight excluding hydrogens is 416 g/mol. The molecule has 1 heterocycles. The van der Waals surface area contributed by atoms with Crippen LogP contribution in [0.5, 0.6) is 5.75 Å². The fraction of sp³-hybridized carbons (Fsp3) is 0.304. The highest BCUT2D eigenvalue weighted by molar-refractivity contribution is 6.04. The van der Waals surface area contributed by atoms with E-state index in [1.165, 1.54) is 32.4 Å². The van der Waals surface area contributed by atoms with Crippen LogP contribution in [0.2, 0.25) is 0 Å². The third-order valence-corrected chi connectivity index (χ3v) is 5.00. The summed E-state index contributed by atoms with van der Waals surface area (Å²) >= 11 is 0. The summed E-state index contributed by atoms with van der Waals surface area (Å²) in [7, 11) is 2.43. The van der Waals surface area contributed by atoms with E-state index in [0.29, 0.717) is 18.0 Å². The number of hydrogen-bond donors (Lipinski definition) is 1. The van der Waals surface area contributed by atoms with Gasteiger partial charge in [-0.3, -0.25) is 9.59 Å². The van der Waals surface area contributed by atoms with Gasteiger partial charge in [0.1, 0.15) is 5.75 Å². The highest BCUT2D eigenvalue weighted by Gasteiger charge is 2.35. The van der Waals surface area contributed by atoms with E-state index >= 15 is 0 Å². The van der Waals surface area contributed by atoms with Gasteiger partial charge in [-0.2, -0.15) is 0 Å². The third-order valence-electron chi connectivity index (χ3n) is 5.00. The standard InChI is InChI=1S/C23H24N2O7/c1-4-32-19-7-5-18(6-8-19)25-13-16(12-20(25)26)21(27)24-17-10-14(22(28)30-2)9-15(11-17)23(29)31-3/h5-11,16H,4,12-13H2,1-3H3,(H,24,27)/t16-/m1/s1. The molecule has 1 aliphatic rings. The van der Waals surface area contributed by atoms with Crippen LogP contribution in [0.3, 0.4) is 0 Å². The molecule has 1 N–H and O–H groups in total. The average molecular weight is 440 g/mol. The molecular formula is C23H24N2O7. The summed E-state index contributed by atoms with van der Waals surface area (Å²) in [6.07, 6.45) is 0.0413. The number of carbonyl (C=O) groups excluding carboxylic acids is 4. The Bertz CT molecular complexity index is 999. The Labute approximate surface area is 185 Å². The van der Waals surface area contributed by atoms with E-state index in [4.69, 9.17) is 14.2 Å². The Morgan fingerprint density at radius 1 is 1.00 bits per heavy atom. The molecule has 0 saturated carbocycles. The number of ether oxygens (including phenoxy) is 3. The maximum absolute atomic E-state index is 12.8. The van der Waals surface area contributed by atoms with Crippen molar-refractivity contribution >= 4 is 35.1 Å². The van der Waals surface area contributed by atoms with Crippen molar-refractivity contribution in [3.05, 3.63) is 53.6 Å². The summed E-state index contributed by atoms with van der Waals surface area (Å²) in [5.41, 5.74) is 1.08. The van der Waals surface area contributed by atoms with Gasteiger partial charge in [0, 0.05) is 24.3 Å².